The maximum atomic E-state index is 14.6. The Morgan fingerprint density at radius 3 is 2.53 bits per heavy atom. The number of nitrogens with one attached hydrogen (secondary N) is 3. The molecule has 3 aromatic carbocycles. The van der Waals surface area contributed by atoms with Gasteiger partial charge in [-0.05, 0) is 150 Å². The quantitative estimate of drug-likeness (QED) is 0.0685. The number of fused-ring (bicyclic) bond motifs is 3. The molecule has 4 N–H and O–H groups in total. The van der Waals surface area contributed by atoms with Crippen molar-refractivity contribution in [1.82, 2.24) is 19.6 Å². The van der Waals surface area contributed by atoms with Crippen LogP contribution in [0, 0.1) is 21.4 Å². The highest BCUT2D eigenvalue weighted by Gasteiger charge is 2.50. The number of aromatic nitrogens is 2. The van der Waals surface area contributed by atoms with Gasteiger partial charge in [0.1, 0.15) is 23.1 Å². The van der Waals surface area contributed by atoms with E-state index in [-0.39, 0.29) is 28.6 Å². The van der Waals surface area contributed by atoms with Crippen LogP contribution in [0.3, 0.4) is 0 Å². The molecule has 70 heavy (non-hydrogen) atoms. The number of likely N-dealkylation sites (tertiary alicyclic amines) is 1. The molecule has 17 heteroatoms. The number of amides is 1. The van der Waals surface area contributed by atoms with Crippen molar-refractivity contribution in [3.8, 4) is 5.88 Å². The Morgan fingerprint density at radius 2 is 1.76 bits per heavy atom. The third-order valence-electron chi connectivity index (χ3n) is 16.4. The van der Waals surface area contributed by atoms with Crippen LogP contribution in [0.4, 0.5) is 28.4 Å². The molecule has 3 saturated heterocycles. The van der Waals surface area contributed by atoms with Gasteiger partial charge in [-0.1, -0.05) is 36.4 Å². The second kappa shape index (κ2) is 18.0. The molecule has 5 aromatic rings. The van der Waals surface area contributed by atoms with E-state index in [1.807, 2.05) is 36.1 Å². The fraction of sp³-hybridized carbons (Fsp3) is 0.472. The molecule has 1 amide bonds. The fourth-order valence-corrected chi connectivity index (χ4v) is 13.3. The summed E-state index contributed by atoms with van der Waals surface area (Å²) in [4.78, 5) is 41.0. The molecule has 6 heterocycles. The molecule has 0 radical (unpaired) electrons. The lowest BCUT2D eigenvalue weighted by Gasteiger charge is -2.56. The van der Waals surface area contributed by atoms with Gasteiger partial charge in [-0.25, -0.2) is 13.1 Å². The lowest BCUT2D eigenvalue weighted by molar-refractivity contribution is -0.384. The highest BCUT2D eigenvalue weighted by molar-refractivity contribution is 7.90. The van der Waals surface area contributed by atoms with Gasteiger partial charge in [0.25, 0.3) is 21.6 Å². The Bertz CT molecular complexity index is 2970. The number of benzene rings is 3. The number of anilines is 4. The van der Waals surface area contributed by atoms with Gasteiger partial charge in [-0.15, -0.1) is 0 Å². The molecular weight excluding hydrogens is 909 g/mol. The van der Waals surface area contributed by atoms with Crippen molar-refractivity contribution < 1.29 is 32.7 Å². The van der Waals surface area contributed by atoms with E-state index in [0.717, 1.165) is 68.0 Å². The highest BCUT2D eigenvalue weighted by atomic mass is 32.2. The van der Waals surface area contributed by atoms with E-state index in [1.165, 1.54) is 48.9 Å². The summed E-state index contributed by atoms with van der Waals surface area (Å²) >= 11 is 0. The number of aromatic amines is 1. The Labute approximate surface area is 408 Å². The molecule has 2 saturated carbocycles. The lowest BCUT2D eigenvalue weighted by Crippen LogP contribution is -2.55. The van der Waals surface area contributed by atoms with Crippen molar-refractivity contribution in [2.75, 3.05) is 54.5 Å². The van der Waals surface area contributed by atoms with Gasteiger partial charge in [0, 0.05) is 55.1 Å². The molecule has 0 bridgehead atoms. The SMILES string of the molecule is C=C(C)c1ccccc1[C@@H]1CCCN1C1CC2(CCN(c3ccc(C(=O)NS(=O)(=O)c4ccc(NCC5CCC(C)(O)CC5)c([N+](=O)[O-])c4)c(N4c5cc6cc[nH]c6nc5O[C@@H]5COC[C@@H]54)c3)CC2)C1. The Hall–Kier alpha value is -6.01. The number of hydrogen-bond acceptors (Lipinski definition) is 13. The lowest BCUT2D eigenvalue weighted by atomic mass is 9.59. The standard InChI is InChI=1S/C53H62N8O8S/c1-33(2)39-7-4-5-8-40(39)43-9-6-22-59(43)37-28-53(29-37)19-23-58(24-20-53)36-10-12-41(44(26-36)60-46-25-35-16-21-54-49(35)56-51(46)69-48-32-68-31-47(48)60)50(62)57-70(66,67)38-11-13-42(45(27-38)61(64)65)55-30-34-14-17-52(3,63)18-15-34/h4-5,7-8,10-13,16,21,25-27,34,37,43,47-48,55,63H,1,6,9,14-15,17-20,22-24,28-32H2,2-3H3,(H,54,56)(H,57,62)/t34?,43-,47-,48+,52?/m0/s1. The number of rotatable bonds is 12. The normalized spacial score (nSPS) is 25.5. The van der Waals surface area contributed by atoms with Crippen molar-refractivity contribution in [3.63, 3.8) is 0 Å². The summed E-state index contributed by atoms with van der Waals surface area (Å²) < 4.78 is 42.9. The van der Waals surface area contributed by atoms with Crippen LogP contribution < -0.4 is 24.6 Å². The van der Waals surface area contributed by atoms with Crippen LogP contribution in [0.5, 0.6) is 5.88 Å². The van der Waals surface area contributed by atoms with Crippen LogP contribution in [-0.2, 0) is 14.8 Å². The molecule has 1 spiro atoms. The van der Waals surface area contributed by atoms with Gasteiger partial charge in [0.2, 0.25) is 5.88 Å². The second-order valence-electron chi connectivity index (χ2n) is 21.1. The number of allylic oxidation sites excluding steroid dienone is 1. The number of nitro benzene ring substituents is 1. The molecule has 0 unspecified atom stereocenters. The summed E-state index contributed by atoms with van der Waals surface area (Å²) in [6, 6.07) is 22.4. The fourth-order valence-electron chi connectivity index (χ4n) is 12.4. The zero-order valence-corrected chi connectivity index (χ0v) is 40.7. The van der Waals surface area contributed by atoms with Gasteiger partial charge < -0.3 is 34.7 Å². The topological polar surface area (TPSA) is 196 Å². The average Bonchev–Trinajstić information content (AvgIpc) is 4.13. The highest BCUT2D eigenvalue weighted by Crippen LogP contribution is 2.55. The van der Waals surface area contributed by atoms with Gasteiger partial charge in [-0.2, -0.15) is 4.98 Å². The van der Waals surface area contributed by atoms with Crippen LogP contribution in [0.25, 0.3) is 16.6 Å². The van der Waals surface area contributed by atoms with E-state index in [0.29, 0.717) is 67.6 Å². The Morgan fingerprint density at radius 1 is 0.971 bits per heavy atom. The van der Waals surface area contributed by atoms with Crippen LogP contribution in [0.1, 0.15) is 106 Å². The van der Waals surface area contributed by atoms with E-state index in [1.54, 1.807) is 12.3 Å². The number of sulfonamides is 1. The number of carbonyl (C=O) groups excluding carboxylic acids is 1. The molecule has 3 atom stereocenters. The maximum Gasteiger partial charge on any atom is 0.293 e. The van der Waals surface area contributed by atoms with Crippen LogP contribution in [-0.4, -0.2) is 102 Å². The van der Waals surface area contributed by atoms with Crippen molar-refractivity contribution in [1.29, 1.82) is 0 Å². The summed E-state index contributed by atoms with van der Waals surface area (Å²) in [7, 11) is -4.61. The molecule has 368 valence electrons. The van der Waals surface area contributed by atoms with E-state index < -0.39 is 43.1 Å². The van der Waals surface area contributed by atoms with Crippen LogP contribution in [0.2, 0.25) is 0 Å². The predicted octanol–water partition coefficient (Wildman–Crippen LogP) is 8.86. The number of nitrogens with zero attached hydrogens (tertiary/aromatic N) is 5. The largest absolute Gasteiger partial charge is 0.468 e. The number of aliphatic hydroxyl groups is 1. The molecule has 2 aliphatic carbocycles. The molecular formula is C53H62N8O8S. The smallest absolute Gasteiger partial charge is 0.293 e. The monoisotopic (exact) mass is 970 g/mol. The minimum absolute atomic E-state index is 0.0999. The zero-order valence-electron chi connectivity index (χ0n) is 39.9. The molecule has 6 aliphatic rings. The number of ether oxygens (including phenoxy) is 2. The first-order valence-corrected chi connectivity index (χ1v) is 26.4. The molecule has 2 aromatic heterocycles. The van der Waals surface area contributed by atoms with Crippen molar-refractivity contribution in [3.05, 3.63) is 112 Å². The third-order valence-corrected chi connectivity index (χ3v) is 17.7. The van der Waals surface area contributed by atoms with Gasteiger partial charge in [0.15, 0.2) is 0 Å². The van der Waals surface area contributed by atoms with E-state index in [2.05, 4.69) is 62.6 Å². The van der Waals surface area contributed by atoms with Crippen molar-refractivity contribution in [2.45, 2.75) is 113 Å². The third kappa shape index (κ3) is 8.68. The summed E-state index contributed by atoms with van der Waals surface area (Å²) in [6.07, 6.45) is 11.0. The zero-order chi connectivity index (χ0) is 48.5. The number of hydrogen-bond donors (Lipinski definition) is 4. The molecule has 4 aliphatic heterocycles. The minimum Gasteiger partial charge on any atom is -0.468 e. The van der Waals surface area contributed by atoms with Gasteiger partial charge >= 0.3 is 0 Å². The van der Waals surface area contributed by atoms with Crippen LogP contribution in [0.15, 0.2) is 90.5 Å². The Balaban J connectivity index is 0.857. The average molecular weight is 971 g/mol. The van der Waals surface area contributed by atoms with E-state index >= 15 is 0 Å². The summed E-state index contributed by atoms with van der Waals surface area (Å²) in [6.45, 7) is 12.0. The minimum atomic E-state index is -4.61. The first-order valence-electron chi connectivity index (χ1n) is 24.9. The van der Waals surface area contributed by atoms with E-state index in [9.17, 15) is 28.4 Å². The summed E-state index contributed by atoms with van der Waals surface area (Å²) in [5, 5.41) is 26.7. The van der Waals surface area contributed by atoms with Crippen molar-refractivity contribution in [2.24, 2.45) is 11.3 Å². The molecule has 16 nitrogen and oxygen atoms in total. The first-order chi connectivity index (χ1) is 33.6. The van der Waals surface area contributed by atoms with Crippen molar-refractivity contribution >= 4 is 61.0 Å². The molecule has 5 fully saturated rings. The Kier molecular flexibility index (Phi) is 11.9. The van der Waals surface area contributed by atoms with Gasteiger partial charge in [-0.3, -0.25) is 19.8 Å². The van der Waals surface area contributed by atoms with Gasteiger partial charge in [0.05, 0.1) is 45.9 Å². The number of nitro groups is 1. The van der Waals surface area contributed by atoms with Crippen LogP contribution >= 0.6 is 0 Å². The number of piperidine rings is 1. The summed E-state index contributed by atoms with van der Waals surface area (Å²) in [5.41, 5.74) is 5.83. The number of H-pyrrole nitrogens is 1. The number of pyridine rings is 1. The van der Waals surface area contributed by atoms with E-state index in [4.69, 9.17) is 14.5 Å². The second-order valence-corrected chi connectivity index (χ2v) is 22.7. The predicted molar refractivity (Wildman–Crippen MR) is 269 cm³/mol. The first kappa shape index (κ1) is 46.4. The number of carbonyl (C=O) groups is 1. The summed E-state index contributed by atoms with van der Waals surface area (Å²) in [5.74, 6) is -0.322. The maximum absolute atomic E-state index is 14.6. The molecule has 11 rings (SSSR count).